The van der Waals surface area contributed by atoms with Crippen LogP contribution in [-0.2, 0) is 28.6 Å². The maximum atomic E-state index is 12.8. The monoisotopic (exact) mass is 1040 g/mol. The molecule has 0 spiro atoms. The Balaban J connectivity index is 4.59. The first-order valence-electron chi connectivity index (χ1n) is 29.8. The summed E-state index contributed by atoms with van der Waals surface area (Å²) in [5.41, 5.74) is 0. The van der Waals surface area contributed by atoms with Gasteiger partial charge in [-0.1, -0.05) is 242 Å². The van der Waals surface area contributed by atoms with E-state index in [1.54, 1.807) is 0 Å². The summed E-state index contributed by atoms with van der Waals surface area (Å²) in [6, 6.07) is 0. The number of esters is 3. The van der Waals surface area contributed by atoms with Gasteiger partial charge in [-0.3, -0.25) is 14.4 Å². The molecule has 76 heavy (non-hydrogen) atoms. The van der Waals surface area contributed by atoms with Crippen molar-refractivity contribution in [3.63, 3.8) is 0 Å². The van der Waals surface area contributed by atoms with E-state index in [0.29, 0.717) is 12.8 Å². The standard InChI is InChI=1S/C70H106O6/c1-4-7-10-13-16-19-22-25-28-30-32-33-34-35-36-37-39-40-42-45-48-51-54-57-60-63-69(72)75-66-67(65-74-68(71)62-59-56-53-50-47-44-27-24-21-18-15-12-9-6-3)76-70(73)64-61-58-55-52-49-46-43-41-38-31-29-26-23-20-17-14-11-8-5-2/h7-8,10-11,15-20,24-29,32-33,35-36,38-41,45-46,48-49,55,58,67H,4-6,9,12-14,21-23,30-31,34,37,42-44,47,50-54,56-57,59-66H2,1-3H3/b10-7-,11-8-,18-15-,19-16-,20-17-,27-24-,28-25-,29-26-,33-32-,36-35-,40-39-,41-38-,48-45-,49-46-,58-55-. The molecule has 422 valence electrons. The quantitative estimate of drug-likeness (QED) is 0.0261. The molecule has 0 N–H and O–H groups in total. The van der Waals surface area contributed by atoms with E-state index in [4.69, 9.17) is 14.2 Å². The Morgan fingerprint density at radius 2 is 0.539 bits per heavy atom. The summed E-state index contributed by atoms with van der Waals surface area (Å²) in [7, 11) is 0. The first kappa shape index (κ1) is 70.5. The largest absolute Gasteiger partial charge is 0.462 e. The maximum Gasteiger partial charge on any atom is 0.306 e. The van der Waals surface area contributed by atoms with Gasteiger partial charge in [0, 0.05) is 19.3 Å². The van der Waals surface area contributed by atoms with E-state index in [1.807, 2.05) is 12.2 Å². The van der Waals surface area contributed by atoms with Crippen molar-refractivity contribution in [3.8, 4) is 0 Å². The Bertz CT molecular complexity index is 1820. The molecular weight excluding hydrogens is 937 g/mol. The lowest BCUT2D eigenvalue weighted by atomic mass is 10.1. The molecule has 6 nitrogen and oxygen atoms in total. The van der Waals surface area contributed by atoms with Crippen LogP contribution < -0.4 is 0 Å². The number of hydrogen-bond donors (Lipinski definition) is 0. The maximum absolute atomic E-state index is 12.8. The molecule has 0 bridgehead atoms. The fraction of sp³-hybridized carbons (Fsp3) is 0.529. The van der Waals surface area contributed by atoms with Crippen LogP contribution in [0.15, 0.2) is 182 Å². The second-order valence-electron chi connectivity index (χ2n) is 18.8. The molecule has 0 aliphatic carbocycles. The Kier molecular flexibility index (Phi) is 57.6. The number of rotatable bonds is 51. The van der Waals surface area contributed by atoms with E-state index in [9.17, 15) is 14.4 Å². The molecule has 0 aliphatic rings. The number of ether oxygens (including phenoxy) is 3. The van der Waals surface area contributed by atoms with Crippen molar-refractivity contribution in [1.82, 2.24) is 0 Å². The van der Waals surface area contributed by atoms with E-state index >= 15 is 0 Å². The third kappa shape index (κ3) is 59.4. The van der Waals surface area contributed by atoms with Crippen molar-refractivity contribution < 1.29 is 28.6 Å². The Morgan fingerprint density at radius 1 is 0.276 bits per heavy atom. The van der Waals surface area contributed by atoms with Gasteiger partial charge in [-0.15, -0.1) is 0 Å². The Hall–Kier alpha value is -5.49. The summed E-state index contributed by atoms with van der Waals surface area (Å²) in [6.07, 6.45) is 93.2. The molecule has 0 radical (unpaired) electrons. The van der Waals surface area contributed by atoms with Gasteiger partial charge in [0.1, 0.15) is 13.2 Å². The van der Waals surface area contributed by atoms with Gasteiger partial charge in [0.05, 0.1) is 0 Å². The van der Waals surface area contributed by atoms with Crippen LogP contribution in [0.5, 0.6) is 0 Å². The van der Waals surface area contributed by atoms with Crippen LogP contribution >= 0.6 is 0 Å². The second-order valence-corrected chi connectivity index (χ2v) is 18.8. The van der Waals surface area contributed by atoms with Crippen molar-refractivity contribution >= 4 is 17.9 Å². The molecule has 1 unspecified atom stereocenters. The molecule has 0 saturated carbocycles. The van der Waals surface area contributed by atoms with Gasteiger partial charge in [-0.2, -0.15) is 0 Å². The lowest BCUT2D eigenvalue weighted by Gasteiger charge is -2.18. The predicted molar refractivity (Wildman–Crippen MR) is 329 cm³/mol. The Labute approximate surface area is 465 Å². The minimum absolute atomic E-state index is 0.136. The van der Waals surface area contributed by atoms with E-state index < -0.39 is 12.1 Å². The van der Waals surface area contributed by atoms with Crippen LogP contribution in [0.25, 0.3) is 0 Å². The van der Waals surface area contributed by atoms with Crippen molar-refractivity contribution in [2.75, 3.05) is 13.2 Å². The average molecular weight is 1040 g/mol. The number of carbonyl (C=O) groups excluding carboxylic acids is 3. The fourth-order valence-electron chi connectivity index (χ4n) is 7.23. The molecule has 0 aromatic carbocycles. The van der Waals surface area contributed by atoms with Gasteiger partial charge in [0.25, 0.3) is 0 Å². The van der Waals surface area contributed by atoms with Gasteiger partial charge in [0.2, 0.25) is 0 Å². The lowest BCUT2D eigenvalue weighted by Crippen LogP contribution is -2.30. The smallest absolute Gasteiger partial charge is 0.306 e. The van der Waals surface area contributed by atoms with Crippen LogP contribution in [0.1, 0.15) is 220 Å². The summed E-state index contributed by atoms with van der Waals surface area (Å²) >= 11 is 0. The van der Waals surface area contributed by atoms with Crippen molar-refractivity contribution in [3.05, 3.63) is 182 Å². The minimum Gasteiger partial charge on any atom is -0.462 e. The molecule has 6 heteroatoms. The van der Waals surface area contributed by atoms with Gasteiger partial charge in [-0.25, -0.2) is 0 Å². The topological polar surface area (TPSA) is 78.9 Å². The highest BCUT2D eigenvalue weighted by molar-refractivity contribution is 5.71. The van der Waals surface area contributed by atoms with E-state index in [0.717, 1.165) is 154 Å². The van der Waals surface area contributed by atoms with Gasteiger partial charge in [0.15, 0.2) is 6.10 Å². The van der Waals surface area contributed by atoms with Crippen LogP contribution in [0.4, 0.5) is 0 Å². The van der Waals surface area contributed by atoms with Crippen molar-refractivity contribution in [2.24, 2.45) is 0 Å². The number of allylic oxidation sites excluding steroid dienone is 30. The zero-order valence-electron chi connectivity index (χ0n) is 48.2. The van der Waals surface area contributed by atoms with Gasteiger partial charge >= 0.3 is 17.9 Å². The lowest BCUT2D eigenvalue weighted by molar-refractivity contribution is -0.166. The van der Waals surface area contributed by atoms with Crippen LogP contribution in [0.2, 0.25) is 0 Å². The summed E-state index contributed by atoms with van der Waals surface area (Å²) in [4.78, 5) is 38.2. The second kappa shape index (κ2) is 62.1. The highest BCUT2D eigenvalue weighted by Gasteiger charge is 2.19. The number of hydrogen-bond acceptors (Lipinski definition) is 6. The van der Waals surface area contributed by atoms with E-state index in [-0.39, 0.29) is 38.0 Å². The Morgan fingerprint density at radius 3 is 0.868 bits per heavy atom. The molecule has 0 aliphatic heterocycles. The summed E-state index contributed by atoms with van der Waals surface area (Å²) in [5, 5.41) is 0. The molecule has 1 atom stereocenters. The third-order valence-electron chi connectivity index (χ3n) is 11.6. The van der Waals surface area contributed by atoms with Crippen molar-refractivity contribution in [2.45, 2.75) is 226 Å². The van der Waals surface area contributed by atoms with E-state index in [2.05, 4.69) is 191 Å². The van der Waals surface area contributed by atoms with Crippen LogP contribution in [-0.4, -0.2) is 37.2 Å². The van der Waals surface area contributed by atoms with Gasteiger partial charge < -0.3 is 14.2 Å². The molecule has 0 heterocycles. The molecule has 0 fully saturated rings. The zero-order valence-corrected chi connectivity index (χ0v) is 48.2. The third-order valence-corrected chi connectivity index (χ3v) is 11.6. The molecular formula is C70H106O6. The molecule has 0 saturated heterocycles. The number of carbonyl (C=O) groups is 3. The zero-order chi connectivity index (χ0) is 55.0. The highest BCUT2D eigenvalue weighted by atomic mass is 16.6. The minimum atomic E-state index is -0.850. The summed E-state index contributed by atoms with van der Waals surface area (Å²) in [6.45, 7) is 6.24. The van der Waals surface area contributed by atoms with Crippen LogP contribution in [0.3, 0.4) is 0 Å². The van der Waals surface area contributed by atoms with Crippen LogP contribution in [0, 0.1) is 0 Å². The summed E-state index contributed by atoms with van der Waals surface area (Å²) in [5.74, 6) is -1.08. The fourth-order valence-corrected chi connectivity index (χ4v) is 7.23. The summed E-state index contributed by atoms with van der Waals surface area (Å²) < 4.78 is 16.8. The van der Waals surface area contributed by atoms with E-state index in [1.165, 1.54) is 19.3 Å². The average Bonchev–Trinajstić information content (AvgIpc) is 3.42. The van der Waals surface area contributed by atoms with Gasteiger partial charge in [-0.05, 0) is 141 Å². The highest BCUT2D eigenvalue weighted by Crippen LogP contribution is 2.11. The molecule has 0 amide bonds. The first-order chi connectivity index (χ1) is 37.5. The SMILES string of the molecule is CC/C=C\C/C=C\C/C=C\C/C=C\C/C=C\C/C=C\C/C=C\CCCCCC(=O)OCC(COC(=O)CCCCCCC/C=C\C/C=C\CCCC)OC(=O)CC/C=C\C/C=C\C/C=C\C/C=C\C/C=C\C/C=C\CC. The molecule has 0 rings (SSSR count). The molecule has 0 aromatic heterocycles. The first-order valence-corrected chi connectivity index (χ1v) is 29.8. The van der Waals surface area contributed by atoms with Crippen molar-refractivity contribution in [1.29, 1.82) is 0 Å². The normalized spacial score (nSPS) is 13.5. The predicted octanol–water partition coefficient (Wildman–Crippen LogP) is 20.5. The molecule has 0 aromatic rings. The number of unbranched alkanes of at least 4 members (excludes halogenated alkanes) is 10.